The fraction of sp³-hybridized carbons (Fsp3) is 0.579. The Hall–Kier alpha value is -1.68. The number of nitrogens with zero attached hydrogens (tertiary/aromatic N) is 4. The van der Waals surface area contributed by atoms with Gasteiger partial charge in [0.25, 0.3) is 0 Å². The Morgan fingerprint density at radius 3 is 2.61 bits per heavy atom. The molecule has 23 heavy (non-hydrogen) atoms. The van der Waals surface area contributed by atoms with Crippen LogP contribution in [0, 0.1) is 0 Å². The molecule has 0 amide bonds. The lowest BCUT2D eigenvalue weighted by Gasteiger charge is -2.27. The van der Waals surface area contributed by atoms with Gasteiger partial charge in [-0.2, -0.15) is 0 Å². The zero-order chi connectivity index (χ0) is 15.5. The molecule has 2 aliphatic rings. The number of aromatic nitrogens is 3. The van der Waals surface area contributed by atoms with E-state index in [1.54, 1.807) is 0 Å². The van der Waals surface area contributed by atoms with Gasteiger partial charge in [0.1, 0.15) is 0 Å². The van der Waals surface area contributed by atoms with E-state index in [-0.39, 0.29) is 0 Å². The number of hydrogen-bond acceptors (Lipinski definition) is 3. The first-order valence-corrected chi connectivity index (χ1v) is 9.04. The molecule has 0 N–H and O–H groups in total. The van der Waals surface area contributed by atoms with Crippen molar-refractivity contribution in [3.8, 4) is 0 Å². The number of pyridine rings is 1. The fourth-order valence-electron chi connectivity index (χ4n) is 3.83. The van der Waals surface area contributed by atoms with Gasteiger partial charge in [0, 0.05) is 43.8 Å². The van der Waals surface area contributed by atoms with Crippen LogP contribution in [-0.4, -0.2) is 25.5 Å². The molecule has 0 spiro atoms. The molecule has 0 aromatic carbocycles. The normalized spacial score (nSPS) is 19.3. The van der Waals surface area contributed by atoms with Crippen molar-refractivity contribution in [3.05, 3.63) is 48.3 Å². The predicted molar refractivity (Wildman–Crippen MR) is 90.9 cm³/mol. The maximum Gasteiger partial charge on any atom is 0.0951 e. The zero-order valence-corrected chi connectivity index (χ0v) is 13.8. The molecule has 2 saturated carbocycles. The van der Waals surface area contributed by atoms with Gasteiger partial charge in [-0.25, -0.2) is 4.98 Å². The highest BCUT2D eigenvalue weighted by molar-refractivity contribution is 5.10. The van der Waals surface area contributed by atoms with Crippen molar-refractivity contribution in [1.82, 2.24) is 19.4 Å². The van der Waals surface area contributed by atoms with E-state index in [0.717, 1.165) is 19.1 Å². The molecular formula is C19H26N4. The SMILES string of the molecule is c1cncc(CN(Cc2cncn2C2CCCCC2)C2CC2)c1. The van der Waals surface area contributed by atoms with Crippen LogP contribution < -0.4 is 0 Å². The van der Waals surface area contributed by atoms with E-state index in [4.69, 9.17) is 0 Å². The quantitative estimate of drug-likeness (QED) is 0.810. The summed E-state index contributed by atoms with van der Waals surface area (Å²) < 4.78 is 2.46. The van der Waals surface area contributed by atoms with Crippen molar-refractivity contribution in [3.63, 3.8) is 0 Å². The third kappa shape index (κ3) is 3.63. The Labute approximate surface area is 138 Å². The number of hydrogen-bond donors (Lipinski definition) is 0. The first kappa shape index (κ1) is 14.9. The minimum absolute atomic E-state index is 0.667. The molecule has 0 atom stereocenters. The van der Waals surface area contributed by atoms with Gasteiger partial charge in [0.2, 0.25) is 0 Å². The van der Waals surface area contributed by atoms with Crippen molar-refractivity contribution >= 4 is 0 Å². The van der Waals surface area contributed by atoms with Crippen molar-refractivity contribution in [2.45, 2.75) is 70.1 Å². The van der Waals surface area contributed by atoms with Crippen molar-refractivity contribution < 1.29 is 0 Å². The second-order valence-electron chi connectivity index (χ2n) is 7.08. The Balaban J connectivity index is 1.48. The molecule has 2 aliphatic carbocycles. The van der Waals surface area contributed by atoms with E-state index in [0.29, 0.717) is 6.04 Å². The first-order valence-electron chi connectivity index (χ1n) is 9.04. The van der Waals surface area contributed by atoms with E-state index in [1.165, 1.54) is 56.2 Å². The van der Waals surface area contributed by atoms with Crippen LogP contribution in [0.3, 0.4) is 0 Å². The molecule has 2 heterocycles. The van der Waals surface area contributed by atoms with E-state index in [9.17, 15) is 0 Å². The minimum Gasteiger partial charge on any atom is -0.330 e. The third-order valence-corrected chi connectivity index (χ3v) is 5.25. The molecule has 2 aromatic heterocycles. The average Bonchev–Trinajstić information content (AvgIpc) is 3.35. The van der Waals surface area contributed by atoms with E-state index in [2.05, 4.69) is 38.0 Å². The van der Waals surface area contributed by atoms with E-state index < -0.39 is 0 Å². The van der Waals surface area contributed by atoms with Gasteiger partial charge in [0.05, 0.1) is 12.0 Å². The highest BCUT2D eigenvalue weighted by Crippen LogP contribution is 2.32. The molecule has 122 valence electrons. The summed E-state index contributed by atoms with van der Waals surface area (Å²) in [6.45, 7) is 2.00. The van der Waals surface area contributed by atoms with Crippen LogP contribution in [0.2, 0.25) is 0 Å². The summed E-state index contributed by atoms with van der Waals surface area (Å²) in [7, 11) is 0. The number of imidazole rings is 1. The smallest absolute Gasteiger partial charge is 0.0951 e. The minimum atomic E-state index is 0.667. The number of rotatable bonds is 6. The Bertz CT molecular complexity index is 611. The largest absolute Gasteiger partial charge is 0.330 e. The van der Waals surface area contributed by atoms with Gasteiger partial charge in [-0.3, -0.25) is 9.88 Å². The molecule has 0 bridgehead atoms. The molecule has 2 aromatic rings. The molecular weight excluding hydrogens is 284 g/mol. The van der Waals surface area contributed by atoms with E-state index >= 15 is 0 Å². The fourth-order valence-corrected chi connectivity index (χ4v) is 3.83. The van der Waals surface area contributed by atoms with Crippen LogP contribution in [0.15, 0.2) is 37.1 Å². The summed E-state index contributed by atoms with van der Waals surface area (Å²) >= 11 is 0. The highest BCUT2D eigenvalue weighted by Gasteiger charge is 2.30. The van der Waals surface area contributed by atoms with Crippen molar-refractivity contribution in [2.75, 3.05) is 0 Å². The Kier molecular flexibility index (Phi) is 4.42. The van der Waals surface area contributed by atoms with Gasteiger partial charge in [-0.15, -0.1) is 0 Å². The summed E-state index contributed by atoms with van der Waals surface area (Å²) in [6, 6.07) is 5.62. The molecule has 0 unspecified atom stereocenters. The van der Waals surface area contributed by atoms with Gasteiger partial charge in [-0.05, 0) is 37.3 Å². The summed E-state index contributed by atoms with van der Waals surface area (Å²) in [6.07, 6.45) is 17.4. The average molecular weight is 310 g/mol. The summed E-state index contributed by atoms with van der Waals surface area (Å²) in [5.41, 5.74) is 2.69. The molecule has 4 nitrogen and oxygen atoms in total. The lowest BCUT2D eigenvalue weighted by Crippen LogP contribution is -2.27. The van der Waals surface area contributed by atoms with Crippen LogP contribution >= 0.6 is 0 Å². The molecule has 4 rings (SSSR count). The van der Waals surface area contributed by atoms with Crippen LogP contribution in [0.4, 0.5) is 0 Å². The first-order chi connectivity index (χ1) is 11.4. The van der Waals surface area contributed by atoms with E-state index in [1.807, 2.05) is 18.5 Å². The summed E-state index contributed by atoms with van der Waals surface area (Å²) in [5, 5.41) is 0. The predicted octanol–water partition coefficient (Wildman–Crippen LogP) is 3.95. The summed E-state index contributed by atoms with van der Waals surface area (Å²) in [4.78, 5) is 11.3. The lowest BCUT2D eigenvalue weighted by molar-refractivity contribution is 0.232. The van der Waals surface area contributed by atoms with Crippen LogP contribution in [0.25, 0.3) is 0 Å². The topological polar surface area (TPSA) is 34.0 Å². The molecule has 2 fully saturated rings. The van der Waals surface area contributed by atoms with Gasteiger partial charge < -0.3 is 4.57 Å². The third-order valence-electron chi connectivity index (χ3n) is 5.25. The standard InChI is InChI=1S/C19H26N4/c1-2-6-18(7-3-1)23-15-21-12-19(23)14-22(17-8-9-17)13-16-5-4-10-20-11-16/h4-5,10-12,15,17-18H,1-3,6-9,13-14H2. The molecule has 0 radical (unpaired) electrons. The second kappa shape index (κ2) is 6.83. The van der Waals surface area contributed by atoms with Gasteiger partial charge in [-0.1, -0.05) is 25.3 Å². The summed E-state index contributed by atoms with van der Waals surface area (Å²) in [5.74, 6) is 0. The zero-order valence-electron chi connectivity index (χ0n) is 13.8. The van der Waals surface area contributed by atoms with Gasteiger partial charge >= 0.3 is 0 Å². The lowest BCUT2D eigenvalue weighted by atomic mass is 9.95. The molecule has 4 heteroatoms. The van der Waals surface area contributed by atoms with Crippen molar-refractivity contribution in [1.29, 1.82) is 0 Å². The Morgan fingerprint density at radius 1 is 1.00 bits per heavy atom. The highest BCUT2D eigenvalue weighted by atomic mass is 15.2. The maximum atomic E-state index is 4.46. The van der Waals surface area contributed by atoms with Gasteiger partial charge in [0.15, 0.2) is 0 Å². The molecule has 0 aliphatic heterocycles. The van der Waals surface area contributed by atoms with Crippen LogP contribution in [-0.2, 0) is 13.1 Å². The molecule has 0 saturated heterocycles. The van der Waals surface area contributed by atoms with Crippen LogP contribution in [0.1, 0.15) is 62.2 Å². The Morgan fingerprint density at radius 2 is 1.87 bits per heavy atom. The monoisotopic (exact) mass is 310 g/mol. The van der Waals surface area contributed by atoms with Crippen LogP contribution in [0.5, 0.6) is 0 Å². The second-order valence-corrected chi connectivity index (χ2v) is 7.08. The maximum absolute atomic E-state index is 4.46. The van der Waals surface area contributed by atoms with Crippen molar-refractivity contribution in [2.24, 2.45) is 0 Å².